The van der Waals surface area contributed by atoms with Gasteiger partial charge in [0.15, 0.2) is 12.6 Å². The van der Waals surface area contributed by atoms with Crippen LogP contribution in [0.4, 0.5) is 0 Å². The first kappa shape index (κ1) is 31.1. The Hall–Kier alpha value is -0.170. The Morgan fingerprint density at radius 3 is 2.11 bits per heavy atom. The summed E-state index contributed by atoms with van der Waals surface area (Å²) in [6, 6.07) is -0.0645. The van der Waals surface area contributed by atoms with Crippen LogP contribution in [-0.2, 0) is 23.7 Å². The molecule has 0 aromatic rings. The molecular weight excluding hydrogens is 490 g/mol. The summed E-state index contributed by atoms with van der Waals surface area (Å²) in [4.78, 5) is 0. The van der Waals surface area contributed by atoms with Gasteiger partial charge in [-0.05, 0) is 19.3 Å². The van der Waals surface area contributed by atoms with Crippen molar-refractivity contribution in [3.8, 4) is 0 Å². The first-order valence-electron chi connectivity index (χ1n) is 11.8. The molecule has 9 N–H and O–H groups in total. The Morgan fingerprint density at radius 1 is 0.800 bits per heavy atom. The number of hydrogen-bond donors (Lipinski definition) is 8. The molecule has 2 rings (SSSR count). The molecule has 0 aromatic carbocycles. The first-order valence-corrected chi connectivity index (χ1v) is 12.9. The van der Waals surface area contributed by atoms with E-state index in [-0.39, 0.29) is 19.3 Å². The fourth-order valence-electron chi connectivity index (χ4n) is 3.93. The summed E-state index contributed by atoms with van der Waals surface area (Å²) >= 11 is 1.55. The Labute approximate surface area is 209 Å². The van der Waals surface area contributed by atoms with E-state index < -0.39 is 68.0 Å². The highest BCUT2D eigenvalue weighted by molar-refractivity contribution is 7.99. The maximum Gasteiger partial charge on any atom is 0.186 e. The van der Waals surface area contributed by atoms with Gasteiger partial charge in [0.25, 0.3) is 0 Å². The highest BCUT2D eigenvalue weighted by Crippen LogP contribution is 2.25. The second kappa shape index (κ2) is 15.9. The number of methoxy groups -OCH3 is 1. The Kier molecular flexibility index (Phi) is 14.1. The summed E-state index contributed by atoms with van der Waals surface area (Å²) in [6.07, 6.45) is -9.46. The Bertz CT molecular complexity index is 576. The van der Waals surface area contributed by atoms with Crippen LogP contribution in [0.15, 0.2) is 0 Å². The van der Waals surface area contributed by atoms with Crippen LogP contribution in [-0.4, -0.2) is 148 Å². The van der Waals surface area contributed by atoms with Crippen molar-refractivity contribution in [2.45, 2.75) is 86.7 Å². The molecule has 11 atom stereocenters. The summed E-state index contributed by atoms with van der Waals surface area (Å²) in [6.45, 7) is -0.358. The fraction of sp³-hybridized carbons (Fsp3) is 1.00. The maximum atomic E-state index is 10.2. The molecule has 0 bridgehead atoms. The van der Waals surface area contributed by atoms with Gasteiger partial charge in [-0.15, -0.1) is 0 Å². The zero-order valence-electron chi connectivity index (χ0n) is 19.9. The van der Waals surface area contributed by atoms with Crippen LogP contribution >= 0.6 is 11.8 Å². The zero-order chi connectivity index (χ0) is 26.0. The van der Waals surface area contributed by atoms with E-state index in [4.69, 9.17) is 29.4 Å². The number of unbranched alkanes of at least 4 members (excludes halogenated alkanes) is 1. The molecule has 14 heteroatoms. The number of ether oxygens (including phenoxy) is 5. The van der Waals surface area contributed by atoms with Crippen LogP contribution < -0.4 is 5.73 Å². The molecule has 2 heterocycles. The van der Waals surface area contributed by atoms with E-state index in [0.29, 0.717) is 24.5 Å². The monoisotopic (exact) mass is 531 g/mol. The van der Waals surface area contributed by atoms with Crippen molar-refractivity contribution < 1.29 is 59.4 Å². The standard InChI is InChI=1S/C21H41NO12S/c1-30-20-18(29)16(27)19(13(9-24)34-20)31-5-3-2-4-11(22)10-35-7-6-32-21-17(28)15(26)14(25)12(8-23)33-21/h11-21,23-29H,2-10,22H2,1H3/t11?,12-,13-,14-,15+,16-,17-,18-,19-,20+,21+/m1/s1. The average molecular weight is 532 g/mol. The average Bonchev–Trinajstić information content (AvgIpc) is 2.85. The number of nitrogens with two attached hydrogens (primary N) is 1. The van der Waals surface area contributed by atoms with Gasteiger partial charge in [0.1, 0.15) is 48.8 Å². The number of aliphatic hydroxyl groups is 7. The van der Waals surface area contributed by atoms with Crippen molar-refractivity contribution in [2.24, 2.45) is 5.73 Å². The number of aliphatic hydroxyl groups excluding tert-OH is 7. The number of hydrogen-bond acceptors (Lipinski definition) is 14. The van der Waals surface area contributed by atoms with Gasteiger partial charge >= 0.3 is 0 Å². The SMILES string of the molecule is CO[C@H]1O[C@H](CO)[C@@H](OCCCCC(N)CSCCO[C@H]2O[C@H](CO)[C@@H](O)[C@H](O)[C@H]2O)[C@H](O)[C@H]1O. The van der Waals surface area contributed by atoms with E-state index in [2.05, 4.69) is 0 Å². The van der Waals surface area contributed by atoms with Crippen molar-refractivity contribution in [2.75, 3.05) is 45.0 Å². The maximum absolute atomic E-state index is 10.2. The van der Waals surface area contributed by atoms with E-state index in [1.54, 1.807) is 11.8 Å². The summed E-state index contributed by atoms with van der Waals surface area (Å²) in [5.74, 6) is 1.24. The topological polar surface area (TPSA) is 214 Å². The molecule has 208 valence electrons. The van der Waals surface area contributed by atoms with Gasteiger partial charge in [-0.3, -0.25) is 0 Å². The minimum Gasteiger partial charge on any atom is -0.394 e. The van der Waals surface area contributed by atoms with Crippen molar-refractivity contribution in [3.05, 3.63) is 0 Å². The predicted molar refractivity (Wildman–Crippen MR) is 123 cm³/mol. The molecule has 0 radical (unpaired) electrons. The fourth-order valence-corrected chi connectivity index (χ4v) is 4.78. The van der Waals surface area contributed by atoms with E-state index in [9.17, 15) is 35.7 Å². The molecule has 0 aromatic heterocycles. The lowest BCUT2D eigenvalue weighted by atomic mass is 9.99. The predicted octanol–water partition coefficient (Wildman–Crippen LogP) is -3.50. The summed E-state index contributed by atoms with van der Waals surface area (Å²) < 4.78 is 26.7. The highest BCUT2D eigenvalue weighted by Gasteiger charge is 2.45. The molecule has 0 spiro atoms. The van der Waals surface area contributed by atoms with Gasteiger partial charge in [-0.2, -0.15) is 11.8 Å². The number of rotatable bonds is 15. The highest BCUT2D eigenvalue weighted by atomic mass is 32.2. The van der Waals surface area contributed by atoms with E-state index in [1.165, 1.54) is 7.11 Å². The minimum absolute atomic E-state index is 0.0645. The third kappa shape index (κ3) is 8.97. The molecule has 35 heavy (non-hydrogen) atoms. The van der Waals surface area contributed by atoms with Gasteiger partial charge in [-0.1, -0.05) is 0 Å². The van der Waals surface area contributed by atoms with Crippen LogP contribution in [0.5, 0.6) is 0 Å². The molecule has 2 fully saturated rings. The summed E-state index contributed by atoms with van der Waals surface area (Å²) in [5.41, 5.74) is 6.13. The van der Waals surface area contributed by atoms with Crippen LogP contribution in [0.25, 0.3) is 0 Å². The van der Waals surface area contributed by atoms with Crippen LogP contribution in [0.3, 0.4) is 0 Å². The van der Waals surface area contributed by atoms with Crippen LogP contribution in [0, 0.1) is 0 Å². The molecule has 1 unspecified atom stereocenters. The second-order valence-corrected chi connectivity index (χ2v) is 9.83. The van der Waals surface area contributed by atoms with E-state index >= 15 is 0 Å². The Morgan fingerprint density at radius 2 is 1.46 bits per heavy atom. The van der Waals surface area contributed by atoms with Gasteiger partial charge < -0.3 is 65.2 Å². The largest absolute Gasteiger partial charge is 0.394 e. The van der Waals surface area contributed by atoms with E-state index in [0.717, 1.165) is 12.8 Å². The smallest absolute Gasteiger partial charge is 0.186 e. The third-order valence-corrected chi connectivity index (χ3v) is 7.14. The molecule has 13 nitrogen and oxygen atoms in total. The molecule has 0 saturated carbocycles. The van der Waals surface area contributed by atoms with Gasteiger partial charge in [0.05, 0.1) is 19.8 Å². The van der Waals surface area contributed by atoms with Crippen molar-refractivity contribution in [1.82, 2.24) is 0 Å². The summed E-state index contributed by atoms with van der Waals surface area (Å²) in [7, 11) is 1.34. The Balaban J connectivity index is 1.55. The molecule has 2 saturated heterocycles. The molecule has 2 aliphatic rings. The summed E-state index contributed by atoms with van der Waals surface area (Å²) in [5, 5.41) is 68.4. The van der Waals surface area contributed by atoms with Crippen molar-refractivity contribution in [1.29, 1.82) is 0 Å². The number of thioether (sulfide) groups is 1. The van der Waals surface area contributed by atoms with Gasteiger partial charge in [-0.25, -0.2) is 0 Å². The minimum atomic E-state index is -1.47. The molecule has 0 aliphatic carbocycles. The van der Waals surface area contributed by atoms with Gasteiger partial charge in [0.2, 0.25) is 0 Å². The quantitative estimate of drug-likeness (QED) is 0.0963. The van der Waals surface area contributed by atoms with Crippen molar-refractivity contribution >= 4 is 11.8 Å². The molecular formula is C21H41NO12S. The van der Waals surface area contributed by atoms with Crippen LogP contribution in [0.1, 0.15) is 19.3 Å². The van der Waals surface area contributed by atoms with Gasteiger partial charge in [0, 0.05) is 31.3 Å². The second-order valence-electron chi connectivity index (χ2n) is 8.68. The van der Waals surface area contributed by atoms with Crippen molar-refractivity contribution in [3.63, 3.8) is 0 Å². The first-order chi connectivity index (χ1) is 16.7. The third-order valence-electron chi connectivity index (χ3n) is 6.02. The normalized spacial score (nSPS) is 39.0. The lowest BCUT2D eigenvalue weighted by Crippen LogP contribution is -2.59. The lowest BCUT2D eigenvalue weighted by molar-refractivity contribution is -0.301. The van der Waals surface area contributed by atoms with E-state index in [1.807, 2.05) is 0 Å². The lowest BCUT2D eigenvalue weighted by Gasteiger charge is -2.41. The molecule has 2 aliphatic heterocycles. The van der Waals surface area contributed by atoms with Crippen LogP contribution in [0.2, 0.25) is 0 Å². The zero-order valence-corrected chi connectivity index (χ0v) is 20.7. The molecule has 0 amide bonds.